The smallest absolute Gasteiger partial charge is 0.280 e. The summed E-state index contributed by atoms with van der Waals surface area (Å²) in [5.41, 5.74) is 2.91. The van der Waals surface area contributed by atoms with E-state index in [9.17, 15) is 13.2 Å². The number of para-hydroxylation sites is 1. The largest absolute Gasteiger partial charge is 0.294 e. The molecule has 2 aromatic heterocycles. The molecule has 4 rings (SSSR count). The van der Waals surface area contributed by atoms with Crippen LogP contribution in [0.1, 0.15) is 31.5 Å². The van der Waals surface area contributed by atoms with Gasteiger partial charge in [0, 0.05) is 5.69 Å². The van der Waals surface area contributed by atoms with Crippen LogP contribution in [0.25, 0.3) is 5.69 Å². The van der Waals surface area contributed by atoms with Crippen molar-refractivity contribution in [2.24, 2.45) is 4.99 Å². The Morgan fingerprint density at radius 3 is 2.40 bits per heavy atom. The van der Waals surface area contributed by atoms with Gasteiger partial charge in [-0.2, -0.15) is 0 Å². The zero-order valence-electron chi connectivity index (χ0n) is 19.1. The normalized spacial score (nSPS) is 12.0. The van der Waals surface area contributed by atoms with Crippen molar-refractivity contribution in [2.45, 2.75) is 31.6 Å². The van der Waals surface area contributed by atoms with Gasteiger partial charge in [0.15, 0.2) is 11.0 Å². The first-order valence-corrected chi connectivity index (χ1v) is 12.7. The maximum absolute atomic E-state index is 13.2. The molecule has 0 saturated heterocycles. The van der Waals surface area contributed by atoms with E-state index in [-0.39, 0.29) is 21.4 Å². The molecule has 11 heteroatoms. The molecule has 0 aliphatic carbocycles. The molecule has 0 radical (unpaired) electrons. The summed E-state index contributed by atoms with van der Waals surface area (Å²) in [4.78, 5) is 17.8. The summed E-state index contributed by atoms with van der Waals surface area (Å²) < 4.78 is 29.2. The molecule has 0 spiro atoms. The van der Waals surface area contributed by atoms with Crippen LogP contribution in [0.15, 0.2) is 81.4 Å². The predicted molar refractivity (Wildman–Crippen MR) is 137 cm³/mol. The first kappa shape index (κ1) is 24.4. The van der Waals surface area contributed by atoms with Gasteiger partial charge in [-0.3, -0.25) is 19.6 Å². The first-order chi connectivity index (χ1) is 16.8. The van der Waals surface area contributed by atoms with Crippen molar-refractivity contribution in [1.29, 1.82) is 0 Å². The highest BCUT2D eigenvalue weighted by molar-refractivity contribution is 7.92. The zero-order valence-corrected chi connectivity index (χ0v) is 20.6. The van der Waals surface area contributed by atoms with E-state index >= 15 is 0 Å². The molecular weight excluding hydrogens is 488 g/mol. The Hall–Kier alpha value is -3.76. The number of nitrogens with zero attached hydrogens (tertiary/aromatic N) is 4. The lowest BCUT2D eigenvalue weighted by molar-refractivity contribution is 0.601. The van der Waals surface area contributed by atoms with E-state index in [0.717, 1.165) is 17.8 Å². The van der Waals surface area contributed by atoms with Gasteiger partial charge in [-0.05, 0) is 61.9 Å². The summed E-state index contributed by atoms with van der Waals surface area (Å²) in [5.74, 6) is 0.0537. The minimum atomic E-state index is -3.87. The lowest BCUT2D eigenvalue weighted by Crippen LogP contribution is -2.19. The van der Waals surface area contributed by atoms with Crippen LogP contribution in [0.2, 0.25) is 5.15 Å². The SMILES string of the molecule is CCCc1[nH]n(-c2ccccc2)c(=O)c1C(C)=Nc1ccc(S(=O)(=O)Nc2ccc(Cl)nn2)cc1. The Labute approximate surface area is 207 Å². The molecule has 0 amide bonds. The van der Waals surface area contributed by atoms with Gasteiger partial charge in [-0.1, -0.05) is 43.1 Å². The molecule has 180 valence electrons. The number of H-pyrrole nitrogens is 1. The lowest BCUT2D eigenvalue weighted by atomic mass is 10.1. The van der Waals surface area contributed by atoms with Crippen molar-refractivity contribution in [3.63, 3.8) is 0 Å². The number of benzene rings is 2. The highest BCUT2D eigenvalue weighted by Crippen LogP contribution is 2.21. The average Bonchev–Trinajstić information content (AvgIpc) is 3.17. The van der Waals surface area contributed by atoms with Gasteiger partial charge in [0.1, 0.15) is 0 Å². The van der Waals surface area contributed by atoms with E-state index in [4.69, 9.17) is 11.6 Å². The van der Waals surface area contributed by atoms with Crippen molar-refractivity contribution < 1.29 is 8.42 Å². The monoisotopic (exact) mass is 510 g/mol. The molecule has 0 atom stereocenters. The molecule has 0 saturated carbocycles. The number of aromatic nitrogens is 4. The Balaban J connectivity index is 1.62. The van der Waals surface area contributed by atoms with E-state index in [1.807, 2.05) is 37.3 Å². The van der Waals surface area contributed by atoms with E-state index in [0.29, 0.717) is 23.4 Å². The molecule has 2 aromatic carbocycles. The van der Waals surface area contributed by atoms with Crippen molar-refractivity contribution in [1.82, 2.24) is 20.0 Å². The summed E-state index contributed by atoms with van der Waals surface area (Å²) in [6, 6.07) is 18.2. The van der Waals surface area contributed by atoms with E-state index < -0.39 is 10.0 Å². The summed E-state index contributed by atoms with van der Waals surface area (Å²) in [6.45, 7) is 3.81. The van der Waals surface area contributed by atoms with Gasteiger partial charge < -0.3 is 0 Å². The molecule has 2 N–H and O–H groups in total. The third kappa shape index (κ3) is 5.50. The maximum Gasteiger partial charge on any atom is 0.280 e. The van der Waals surface area contributed by atoms with Gasteiger partial charge in [0.25, 0.3) is 15.6 Å². The van der Waals surface area contributed by atoms with Crippen molar-refractivity contribution in [3.8, 4) is 5.69 Å². The Bertz CT molecular complexity index is 1510. The number of aryl methyl sites for hydroxylation is 1. The van der Waals surface area contributed by atoms with Crippen LogP contribution >= 0.6 is 11.6 Å². The molecule has 4 aromatic rings. The summed E-state index contributed by atoms with van der Waals surface area (Å²) in [6.07, 6.45) is 1.54. The van der Waals surface area contributed by atoms with E-state index in [1.54, 1.807) is 19.1 Å². The number of sulfonamides is 1. The second kappa shape index (κ2) is 10.2. The highest BCUT2D eigenvalue weighted by atomic mass is 35.5. The molecule has 2 heterocycles. The quantitative estimate of drug-likeness (QED) is 0.338. The van der Waals surface area contributed by atoms with Crippen molar-refractivity contribution in [2.75, 3.05) is 4.72 Å². The number of nitrogens with one attached hydrogen (secondary N) is 2. The molecule has 0 aliphatic rings. The van der Waals surface area contributed by atoms with Gasteiger partial charge >= 0.3 is 0 Å². The molecule has 35 heavy (non-hydrogen) atoms. The third-order valence-corrected chi connectivity index (χ3v) is 6.73. The van der Waals surface area contributed by atoms with Crippen LogP contribution < -0.4 is 10.3 Å². The minimum Gasteiger partial charge on any atom is -0.294 e. The minimum absolute atomic E-state index is 0.0330. The molecule has 0 bridgehead atoms. The second-order valence-corrected chi connectivity index (χ2v) is 9.80. The Morgan fingerprint density at radius 1 is 1.06 bits per heavy atom. The van der Waals surface area contributed by atoms with E-state index in [1.165, 1.54) is 28.9 Å². The predicted octanol–water partition coefficient (Wildman–Crippen LogP) is 4.50. The maximum atomic E-state index is 13.2. The fourth-order valence-electron chi connectivity index (χ4n) is 3.56. The summed E-state index contributed by atoms with van der Waals surface area (Å²) >= 11 is 5.69. The van der Waals surface area contributed by atoms with Crippen LogP contribution in [0, 0.1) is 0 Å². The van der Waals surface area contributed by atoms with Gasteiger partial charge in [-0.25, -0.2) is 13.1 Å². The molecular formula is C24H23ClN6O3S. The first-order valence-electron chi connectivity index (χ1n) is 10.9. The number of halogens is 1. The van der Waals surface area contributed by atoms with Crippen molar-refractivity contribution >= 4 is 38.8 Å². The third-order valence-electron chi connectivity index (χ3n) is 5.16. The topological polar surface area (TPSA) is 122 Å². The van der Waals surface area contributed by atoms with Crippen LogP contribution in [-0.2, 0) is 16.4 Å². The van der Waals surface area contributed by atoms with Crippen LogP contribution in [-0.4, -0.2) is 34.1 Å². The number of aromatic amines is 1. The number of anilines is 1. The highest BCUT2D eigenvalue weighted by Gasteiger charge is 2.18. The molecule has 0 unspecified atom stereocenters. The summed E-state index contributed by atoms with van der Waals surface area (Å²) in [5, 5.41) is 10.7. The van der Waals surface area contributed by atoms with Crippen molar-refractivity contribution in [3.05, 3.63) is 93.5 Å². The average molecular weight is 511 g/mol. The van der Waals surface area contributed by atoms with Crippen LogP contribution in [0.4, 0.5) is 11.5 Å². The van der Waals surface area contributed by atoms with Crippen LogP contribution in [0.3, 0.4) is 0 Å². The molecule has 0 aliphatic heterocycles. The lowest BCUT2D eigenvalue weighted by Gasteiger charge is -2.07. The number of rotatable bonds is 8. The number of aliphatic imine (C=N–C) groups is 1. The fraction of sp³-hybridized carbons (Fsp3) is 0.167. The summed E-state index contributed by atoms with van der Waals surface area (Å²) in [7, 11) is -3.87. The number of hydrogen-bond donors (Lipinski definition) is 2. The van der Waals surface area contributed by atoms with Gasteiger partial charge in [0.05, 0.1) is 27.5 Å². The second-order valence-electron chi connectivity index (χ2n) is 7.73. The molecule has 9 nitrogen and oxygen atoms in total. The standard InChI is InChI=1S/C24H23ClN6O3S/c1-3-7-20-23(24(32)31(29-20)18-8-5-4-6-9-18)16(2)26-17-10-12-19(13-11-17)35(33,34)30-22-15-14-21(25)27-28-22/h4-6,8-15,29H,3,7H2,1-2H3,(H,28,30). The van der Waals surface area contributed by atoms with Gasteiger partial charge in [-0.15, -0.1) is 10.2 Å². The fourth-order valence-corrected chi connectivity index (χ4v) is 4.66. The Morgan fingerprint density at radius 2 is 1.77 bits per heavy atom. The Kier molecular flexibility index (Phi) is 7.13. The van der Waals surface area contributed by atoms with E-state index in [2.05, 4.69) is 25.0 Å². The van der Waals surface area contributed by atoms with Crippen LogP contribution in [0.5, 0.6) is 0 Å². The molecule has 0 fully saturated rings. The zero-order chi connectivity index (χ0) is 25.0. The number of hydrogen-bond acceptors (Lipinski definition) is 6. The van der Waals surface area contributed by atoms with Gasteiger partial charge in [0.2, 0.25) is 0 Å².